The van der Waals surface area contributed by atoms with Crippen LogP contribution in [0.25, 0.3) is 0 Å². The molecular formula is C18H20FN3O4S2. The largest absolute Gasteiger partial charge is 0.284 e. The van der Waals surface area contributed by atoms with E-state index in [0.29, 0.717) is 22.5 Å². The highest BCUT2D eigenvalue weighted by Gasteiger charge is 2.34. The molecule has 0 aromatic heterocycles. The Kier molecular flexibility index (Phi) is 5.44. The van der Waals surface area contributed by atoms with Gasteiger partial charge in [-0.15, -0.1) is 0 Å². The lowest BCUT2D eigenvalue weighted by atomic mass is 9.99. The van der Waals surface area contributed by atoms with Gasteiger partial charge in [0, 0.05) is 12.1 Å². The molecule has 0 saturated heterocycles. The monoisotopic (exact) mass is 425 g/mol. The first-order valence-electron chi connectivity index (χ1n) is 8.52. The van der Waals surface area contributed by atoms with E-state index >= 15 is 0 Å². The van der Waals surface area contributed by atoms with Crippen molar-refractivity contribution in [2.75, 3.05) is 16.7 Å². The average molecular weight is 426 g/mol. The Morgan fingerprint density at radius 1 is 1.14 bits per heavy atom. The molecule has 2 aromatic rings. The van der Waals surface area contributed by atoms with Crippen LogP contribution in [0.4, 0.5) is 10.1 Å². The third kappa shape index (κ3) is 4.50. The molecule has 1 heterocycles. The van der Waals surface area contributed by atoms with Crippen LogP contribution in [0, 0.1) is 5.82 Å². The van der Waals surface area contributed by atoms with Crippen molar-refractivity contribution in [3.63, 3.8) is 0 Å². The number of nitrogens with one attached hydrogen (secondary N) is 1. The number of nitrogens with zero attached hydrogens (tertiary/aromatic N) is 2. The molecule has 1 aliphatic heterocycles. The van der Waals surface area contributed by atoms with E-state index in [2.05, 4.69) is 9.82 Å². The van der Waals surface area contributed by atoms with Crippen LogP contribution in [0.1, 0.15) is 30.5 Å². The van der Waals surface area contributed by atoms with Gasteiger partial charge < -0.3 is 0 Å². The van der Waals surface area contributed by atoms with Crippen molar-refractivity contribution in [2.45, 2.75) is 19.4 Å². The van der Waals surface area contributed by atoms with E-state index in [0.717, 1.165) is 10.7 Å². The summed E-state index contributed by atoms with van der Waals surface area (Å²) in [6.45, 7) is 1.54. The molecule has 0 bridgehead atoms. The van der Waals surface area contributed by atoms with Crippen LogP contribution < -0.4 is 4.72 Å². The first-order valence-corrected chi connectivity index (χ1v) is 12.0. The second-order valence-electron chi connectivity index (χ2n) is 6.44. The number of sulfonamides is 2. The maximum absolute atomic E-state index is 13.6. The predicted octanol–water partition coefficient (Wildman–Crippen LogP) is 2.70. The summed E-state index contributed by atoms with van der Waals surface area (Å²) in [4.78, 5) is 0. The van der Waals surface area contributed by atoms with Crippen molar-refractivity contribution in [2.24, 2.45) is 5.10 Å². The fraction of sp³-hybridized carbons (Fsp3) is 0.278. The topological polar surface area (TPSA) is 95.9 Å². The second kappa shape index (κ2) is 7.51. The molecule has 1 aliphatic rings. The molecule has 0 spiro atoms. The molecule has 7 nitrogen and oxygen atoms in total. The molecule has 1 atom stereocenters. The third-order valence-corrected chi connectivity index (χ3v) is 6.64. The maximum Gasteiger partial charge on any atom is 0.247 e. The van der Waals surface area contributed by atoms with Crippen molar-refractivity contribution < 1.29 is 21.2 Å². The molecular weight excluding hydrogens is 405 g/mol. The molecule has 0 amide bonds. The van der Waals surface area contributed by atoms with E-state index in [9.17, 15) is 21.2 Å². The quantitative estimate of drug-likeness (QED) is 0.770. The molecule has 0 saturated carbocycles. The van der Waals surface area contributed by atoms with Crippen LogP contribution in [0.2, 0.25) is 0 Å². The smallest absolute Gasteiger partial charge is 0.247 e. The van der Waals surface area contributed by atoms with E-state index in [-0.39, 0.29) is 12.2 Å². The highest BCUT2D eigenvalue weighted by molar-refractivity contribution is 7.92. The highest BCUT2D eigenvalue weighted by atomic mass is 32.2. The Morgan fingerprint density at radius 3 is 2.39 bits per heavy atom. The Bertz CT molecular complexity index is 1110. The molecule has 150 valence electrons. The van der Waals surface area contributed by atoms with Crippen LogP contribution in [0.15, 0.2) is 53.6 Å². The fourth-order valence-electron chi connectivity index (χ4n) is 2.91. The summed E-state index contributed by atoms with van der Waals surface area (Å²) in [5.74, 6) is -0.493. The van der Waals surface area contributed by atoms with Crippen molar-refractivity contribution in [3.8, 4) is 0 Å². The summed E-state index contributed by atoms with van der Waals surface area (Å²) in [6, 6.07) is 11.6. The summed E-state index contributed by atoms with van der Waals surface area (Å²) >= 11 is 0. The minimum atomic E-state index is -3.66. The number of anilines is 1. The standard InChI is InChI=1S/C18H20FN3O4S2/c1-3-28(25,26)21-16-9-7-13(8-10-16)17-12-18(22(20-17)27(2,23)24)14-5-4-6-15(19)11-14/h4-11,18,21H,3,12H2,1-2H3. The van der Waals surface area contributed by atoms with Gasteiger partial charge in [-0.3, -0.25) is 4.72 Å². The molecule has 0 radical (unpaired) electrons. The van der Waals surface area contributed by atoms with E-state index < -0.39 is 31.9 Å². The summed E-state index contributed by atoms with van der Waals surface area (Å²) in [5, 5.41) is 4.24. The van der Waals surface area contributed by atoms with Crippen LogP contribution in [0.3, 0.4) is 0 Å². The minimum absolute atomic E-state index is 0.0416. The van der Waals surface area contributed by atoms with Gasteiger partial charge in [0.2, 0.25) is 20.0 Å². The average Bonchev–Trinajstić information content (AvgIpc) is 3.08. The van der Waals surface area contributed by atoms with Gasteiger partial charge in [-0.05, 0) is 42.3 Å². The molecule has 3 rings (SSSR count). The van der Waals surface area contributed by atoms with Crippen molar-refractivity contribution in [1.82, 2.24) is 4.41 Å². The molecule has 10 heteroatoms. The zero-order valence-electron chi connectivity index (χ0n) is 15.3. The van der Waals surface area contributed by atoms with Crippen molar-refractivity contribution in [1.29, 1.82) is 0 Å². The Labute approximate surface area is 164 Å². The summed E-state index contributed by atoms with van der Waals surface area (Å²) in [7, 11) is -7.04. The van der Waals surface area contributed by atoms with Gasteiger partial charge >= 0.3 is 0 Å². The Hall–Kier alpha value is -2.46. The summed E-state index contributed by atoms with van der Waals surface area (Å²) < 4.78 is 64.7. The van der Waals surface area contributed by atoms with Gasteiger partial charge in [0.05, 0.1) is 23.8 Å². The van der Waals surface area contributed by atoms with Crippen LogP contribution in [-0.2, 0) is 20.0 Å². The number of hydrogen-bond acceptors (Lipinski definition) is 5. The minimum Gasteiger partial charge on any atom is -0.284 e. The highest BCUT2D eigenvalue weighted by Crippen LogP contribution is 2.35. The SMILES string of the molecule is CCS(=O)(=O)Nc1ccc(C2=NN(S(C)(=O)=O)C(c3cccc(F)c3)C2)cc1. The molecule has 0 aliphatic carbocycles. The van der Waals surface area contributed by atoms with Gasteiger partial charge in [-0.1, -0.05) is 24.3 Å². The summed E-state index contributed by atoms with van der Waals surface area (Å²) in [5.41, 5.74) is 2.10. The number of hydrogen-bond donors (Lipinski definition) is 1. The first-order chi connectivity index (χ1) is 13.1. The molecule has 2 aromatic carbocycles. The first kappa shape index (κ1) is 20.3. The number of halogens is 1. The molecule has 0 fully saturated rings. The Morgan fingerprint density at radius 2 is 1.82 bits per heavy atom. The third-order valence-electron chi connectivity index (χ3n) is 4.32. The molecule has 1 N–H and O–H groups in total. The maximum atomic E-state index is 13.6. The van der Waals surface area contributed by atoms with E-state index in [1.807, 2.05) is 0 Å². The lowest BCUT2D eigenvalue weighted by Gasteiger charge is -2.21. The Balaban J connectivity index is 1.90. The van der Waals surface area contributed by atoms with Crippen molar-refractivity contribution >= 4 is 31.4 Å². The van der Waals surface area contributed by atoms with E-state index in [4.69, 9.17) is 0 Å². The van der Waals surface area contributed by atoms with Crippen LogP contribution >= 0.6 is 0 Å². The molecule has 1 unspecified atom stereocenters. The predicted molar refractivity (Wildman–Crippen MR) is 107 cm³/mol. The number of rotatable bonds is 6. The van der Waals surface area contributed by atoms with Gasteiger partial charge in [0.25, 0.3) is 0 Å². The van der Waals surface area contributed by atoms with Gasteiger partial charge in [-0.2, -0.15) is 9.52 Å². The fourth-order valence-corrected chi connectivity index (χ4v) is 4.46. The zero-order valence-corrected chi connectivity index (χ0v) is 17.0. The van der Waals surface area contributed by atoms with Gasteiger partial charge in [0.1, 0.15) is 5.82 Å². The van der Waals surface area contributed by atoms with Gasteiger partial charge in [0.15, 0.2) is 0 Å². The lowest BCUT2D eigenvalue weighted by molar-refractivity contribution is 0.373. The number of benzene rings is 2. The van der Waals surface area contributed by atoms with Crippen LogP contribution in [-0.4, -0.2) is 39.0 Å². The molecule has 28 heavy (non-hydrogen) atoms. The van der Waals surface area contributed by atoms with E-state index in [1.54, 1.807) is 30.3 Å². The second-order valence-corrected chi connectivity index (χ2v) is 10.3. The van der Waals surface area contributed by atoms with E-state index in [1.165, 1.54) is 25.1 Å². The zero-order chi connectivity index (χ0) is 20.5. The number of hydrazone groups is 1. The van der Waals surface area contributed by atoms with Gasteiger partial charge in [-0.25, -0.2) is 21.2 Å². The van der Waals surface area contributed by atoms with Crippen molar-refractivity contribution in [3.05, 3.63) is 65.5 Å². The van der Waals surface area contributed by atoms with Crippen LogP contribution in [0.5, 0.6) is 0 Å². The lowest BCUT2D eigenvalue weighted by Crippen LogP contribution is -2.26. The normalized spacial score (nSPS) is 17.5. The summed E-state index contributed by atoms with van der Waals surface area (Å²) in [6.07, 6.45) is 1.32.